The molecule has 0 aliphatic rings. The standard InChI is InChI=1S/C24H21Cl2NO5/c1-31-22-8-6-18(17-4-2-3-15(9-17)11-23(28)29)12-19(22)13-27-24(30)32-14-16-5-7-20(25)21(26)10-16/h2-10,12H,11,13-14H2,1H3,(H,27,30)(H,28,29). The molecule has 8 heteroatoms. The van der Waals surface area contributed by atoms with Gasteiger partial charge in [0.25, 0.3) is 0 Å². The lowest BCUT2D eigenvalue weighted by molar-refractivity contribution is -0.136. The monoisotopic (exact) mass is 473 g/mol. The summed E-state index contributed by atoms with van der Waals surface area (Å²) in [5.74, 6) is -0.277. The summed E-state index contributed by atoms with van der Waals surface area (Å²) < 4.78 is 10.6. The largest absolute Gasteiger partial charge is 0.496 e. The van der Waals surface area contributed by atoms with Crippen LogP contribution in [0.3, 0.4) is 0 Å². The molecule has 166 valence electrons. The zero-order valence-corrected chi connectivity index (χ0v) is 18.7. The molecule has 3 aromatic rings. The summed E-state index contributed by atoms with van der Waals surface area (Å²) in [6.45, 7) is 0.238. The topological polar surface area (TPSA) is 84.9 Å². The summed E-state index contributed by atoms with van der Waals surface area (Å²) in [5, 5.41) is 12.6. The summed E-state index contributed by atoms with van der Waals surface area (Å²) in [5.41, 5.74) is 3.92. The van der Waals surface area contributed by atoms with Crippen LogP contribution in [0.25, 0.3) is 11.1 Å². The van der Waals surface area contributed by atoms with E-state index in [1.165, 1.54) is 0 Å². The third-order valence-corrected chi connectivity index (χ3v) is 5.41. The molecule has 3 rings (SSSR count). The van der Waals surface area contributed by atoms with Crippen LogP contribution >= 0.6 is 23.2 Å². The average Bonchev–Trinajstić information content (AvgIpc) is 2.78. The number of nitrogens with one attached hydrogen (secondary N) is 1. The van der Waals surface area contributed by atoms with E-state index in [1.807, 2.05) is 30.3 Å². The maximum Gasteiger partial charge on any atom is 0.407 e. The fourth-order valence-corrected chi connectivity index (χ4v) is 3.45. The first-order valence-electron chi connectivity index (χ1n) is 9.68. The van der Waals surface area contributed by atoms with E-state index < -0.39 is 12.1 Å². The number of hydrogen-bond donors (Lipinski definition) is 2. The zero-order valence-electron chi connectivity index (χ0n) is 17.2. The van der Waals surface area contributed by atoms with E-state index in [0.29, 0.717) is 21.4 Å². The summed E-state index contributed by atoms with van der Waals surface area (Å²) >= 11 is 11.9. The summed E-state index contributed by atoms with van der Waals surface area (Å²) in [4.78, 5) is 23.2. The van der Waals surface area contributed by atoms with Gasteiger partial charge in [0.1, 0.15) is 12.4 Å². The first-order chi connectivity index (χ1) is 15.4. The van der Waals surface area contributed by atoms with Crippen molar-refractivity contribution in [1.29, 1.82) is 0 Å². The molecule has 0 heterocycles. The van der Waals surface area contributed by atoms with Gasteiger partial charge in [0, 0.05) is 12.1 Å². The minimum absolute atomic E-state index is 0.0519. The van der Waals surface area contributed by atoms with Gasteiger partial charge in [-0.15, -0.1) is 0 Å². The quantitative estimate of drug-likeness (QED) is 0.436. The highest BCUT2D eigenvalue weighted by Crippen LogP contribution is 2.28. The minimum atomic E-state index is -0.888. The maximum absolute atomic E-state index is 12.2. The smallest absolute Gasteiger partial charge is 0.407 e. The van der Waals surface area contributed by atoms with Crippen LogP contribution in [0.4, 0.5) is 4.79 Å². The number of carbonyl (C=O) groups excluding carboxylic acids is 1. The Morgan fingerprint density at radius 3 is 2.44 bits per heavy atom. The molecule has 0 aliphatic heterocycles. The number of ether oxygens (including phenoxy) is 2. The van der Waals surface area contributed by atoms with Crippen molar-refractivity contribution in [3.63, 3.8) is 0 Å². The van der Waals surface area contributed by atoms with Gasteiger partial charge >= 0.3 is 12.1 Å². The molecular weight excluding hydrogens is 453 g/mol. The van der Waals surface area contributed by atoms with Gasteiger partial charge in [-0.25, -0.2) is 4.79 Å². The van der Waals surface area contributed by atoms with Crippen molar-refractivity contribution in [3.05, 3.63) is 87.4 Å². The van der Waals surface area contributed by atoms with E-state index in [1.54, 1.807) is 37.4 Å². The Kier molecular flexibility index (Phi) is 7.98. The number of carboxylic acid groups (broad SMARTS) is 1. The number of carboxylic acids is 1. The van der Waals surface area contributed by atoms with Crippen LogP contribution in [0.2, 0.25) is 10.0 Å². The summed E-state index contributed by atoms with van der Waals surface area (Å²) in [7, 11) is 1.55. The molecule has 3 aromatic carbocycles. The molecular formula is C24H21Cl2NO5. The van der Waals surface area contributed by atoms with E-state index in [4.69, 9.17) is 37.8 Å². The van der Waals surface area contributed by atoms with Crippen LogP contribution in [0.1, 0.15) is 16.7 Å². The fraction of sp³-hybridized carbons (Fsp3) is 0.167. The second-order valence-corrected chi connectivity index (χ2v) is 7.79. The number of alkyl carbamates (subject to hydrolysis) is 1. The van der Waals surface area contributed by atoms with Gasteiger partial charge in [0.2, 0.25) is 0 Å². The summed E-state index contributed by atoms with van der Waals surface area (Å²) in [6, 6.07) is 17.9. The lowest BCUT2D eigenvalue weighted by atomic mass is 9.99. The Morgan fingerprint density at radius 2 is 1.72 bits per heavy atom. The molecule has 0 aliphatic carbocycles. The number of methoxy groups -OCH3 is 1. The number of hydrogen-bond acceptors (Lipinski definition) is 4. The SMILES string of the molecule is COc1ccc(-c2cccc(CC(=O)O)c2)cc1CNC(=O)OCc1ccc(Cl)c(Cl)c1. The highest BCUT2D eigenvalue weighted by atomic mass is 35.5. The highest BCUT2D eigenvalue weighted by molar-refractivity contribution is 6.42. The number of amides is 1. The van der Waals surface area contributed by atoms with E-state index in [-0.39, 0.29) is 19.6 Å². The van der Waals surface area contributed by atoms with Gasteiger partial charge in [-0.1, -0.05) is 59.6 Å². The van der Waals surface area contributed by atoms with Crippen LogP contribution in [-0.4, -0.2) is 24.3 Å². The third-order valence-electron chi connectivity index (χ3n) is 4.67. The van der Waals surface area contributed by atoms with Crippen molar-refractivity contribution in [1.82, 2.24) is 5.32 Å². The predicted molar refractivity (Wildman–Crippen MR) is 123 cm³/mol. The Bertz CT molecular complexity index is 1130. The zero-order chi connectivity index (χ0) is 23.1. The molecule has 0 aromatic heterocycles. The third kappa shape index (κ3) is 6.39. The lowest BCUT2D eigenvalue weighted by Crippen LogP contribution is -2.24. The first-order valence-corrected chi connectivity index (χ1v) is 10.4. The molecule has 0 radical (unpaired) electrons. The molecule has 0 saturated carbocycles. The molecule has 1 amide bonds. The van der Waals surface area contributed by atoms with Crippen LogP contribution in [-0.2, 0) is 29.1 Å². The van der Waals surface area contributed by atoms with Crippen molar-refractivity contribution in [2.45, 2.75) is 19.6 Å². The second-order valence-electron chi connectivity index (χ2n) is 6.98. The molecule has 0 fully saturated rings. The fourth-order valence-electron chi connectivity index (χ4n) is 3.13. The highest BCUT2D eigenvalue weighted by Gasteiger charge is 2.10. The second kappa shape index (κ2) is 10.9. The summed E-state index contributed by atoms with van der Waals surface area (Å²) in [6.07, 6.45) is -0.643. The predicted octanol–water partition coefficient (Wildman–Crippen LogP) is 5.72. The number of aliphatic carboxylic acids is 1. The van der Waals surface area contributed by atoms with Gasteiger partial charge in [0.15, 0.2) is 0 Å². The van der Waals surface area contributed by atoms with Crippen LogP contribution < -0.4 is 10.1 Å². The van der Waals surface area contributed by atoms with Crippen molar-refractivity contribution in [3.8, 4) is 16.9 Å². The van der Waals surface area contributed by atoms with Crippen molar-refractivity contribution >= 4 is 35.3 Å². The number of halogens is 2. The van der Waals surface area contributed by atoms with Gasteiger partial charge in [0.05, 0.1) is 23.6 Å². The van der Waals surface area contributed by atoms with Gasteiger partial charge in [-0.2, -0.15) is 0 Å². The van der Waals surface area contributed by atoms with E-state index >= 15 is 0 Å². The maximum atomic E-state index is 12.2. The van der Waals surface area contributed by atoms with Crippen LogP contribution in [0, 0.1) is 0 Å². The first kappa shape index (κ1) is 23.4. The molecule has 0 unspecified atom stereocenters. The molecule has 0 spiro atoms. The van der Waals surface area contributed by atoms with Crippen molar-refractivity contribution < 1.29 is 24.2 Å². The Morgan fingerprint density at radius 1 is 0.938 bits per heavy atom. The van der Waals surface area contributed by atoms with Crippen LogP contribution in [0.5, 0.6) is 5.75 Å². The van der Waals surface area contributed by atoms with E-state index in [0.717, 1.165) is 22.3 Å². The molecule has 0 bridgehead atoms. The molecule has 2 N–H and O–H groups in total. The van der Waals surface area contributed by atoms with Gasteiger partial charge in [-0.05, 0) is 46.5 Å². The van der Waals surface area contributed by atoms with Crippen molar-refractivity contribution in [2.24, 2.45) is 0 Å². The molecule has 0 saturated heterocycles. The van der Waals surface area contributed by atoms with E-state index in [9.17, 15) is 9.59 Å². The molecule has 0 atom stereocenters. The number of benzene rings is 3. The van der Waals surface area contributed by atoms with Gasteiger partial charge in [-0.3, -0.25) is 4.79 Å². The Labute approximate surface area is 195 Å². The number of rotatable bonds is 8. The van der Waals surface area contributed by atoms with Crippen molar-refractivity contribution in [2.75, 3.05) is 7.11 Å². The normalized spacial score (nSPS) is 10.5. The molecule has 6 nitrogen and oxygen atoms in total. The molecule has 32 heavy (non-hydrogen) atoms. The minimum Gasteiger partial charge on any atom is -0.496 e. The lowest BCUT2D eigenvalue weighted by Gasteiger charge is -2.13. The van der Waals surface area contributed by atoms with E-state index in [2.05, 4.69) is 5.32 Å². The van der Waals surface area contributed by atoms with Crippen LogP contribution in [0.15, 0.2) is 60.7 Å². The Balaban J connectivity index is 1.67. The Hall–Kier alpha value is -3.22. The van der Waals surface area contributed by atoms with Gasteiger partial charge < -0.3 is 19.9 Å². The number of carbonyl (C=O) groups is 2. The average molecular weight is 474 g/mol.